The van der Waals surface area contributed by atoms with E-state index >= 15 is 0 Å². The highest BCUT2D eigenvalue weighted by Gasteiger charge is 2.19. The van der Waals surface area contributed by atoms with Gasteiger partial charge >= 0.3 is 0 Å². The van der Waals surface area contributed by atoms with Crippen LogP contribution in [0.2, 0.25) is 0 Å². The number of nitrogens with zero attached hydrogens (tertiary/aromatic N) is 2. The molecule has 0 aliphatic carbocycles. The maximum atomic E-state index is 13.2. The van der Waals surface area contributed by atoms with Gasteiger partial charge in [-0.15, -0.1) is 24.0 Å². The van der Waals surface area contributed by atoms with Gasteiger partial charge in [0.25, 0.3) is 0 Å². The zero-order chi connectivity index (χ0) is 20.6. The van der Waals surface area contributed by atoms with E-state index in [9.17, 15) is 9.18 Å². The Kier molecular flexibility index (Phi) is 9.55. The van der Waals surface area contributed by atoms with Crippen LogP contribution in [-0.2, 0) is 24.2 Å². The summed E-state index contributed by atoms with van der Waals surface area (Å²) in [5, 5.41) is 6.43. The first-order chi connectivity index (χ1) is 14.1. The van der Waals surface area contributed by atoms with Gasteiger partial charge in [0.1, 0.15) is 12.4 Å². The Labute approximate surface area is 195 Å². The Morgan fingerprint density at radius 1 is 1.17 bits per heavy atom. The summed E-state index contributed by atoms with van der Waals surface area (Å²) < 4.78 is 13.2. The van der Waals surface area contributed by atoms with E-state index in [1.54, 1.807) is 6.07 Å². The molecule has 0 fully saturated rings. The highest BCUT2D eigenvalue weighted by atomic mass is 127. The van der Waals surface area contributed by atoms with E-state index in [-0.39, 0.29) is 42.2 Å². The molecule has 1 aliphatic rings. The number of rotatable bonds is 6. The number of benzene rings is 2. The minimum atomic E-state index is -0.215. The Bertz CT molecular complexity index is 887. The number of halogens is 2. The lowest BCUT2D eigenvalue weighted by molar-refractivity contribution is -0.130. The van der Waals surface area contributed by atoms with Crippen molar-refractivity contribution in [2.45, 2.75) is 33.2 Å². The van der Waals surface area contributed by atoms with Crippen LogP contribution in [0.15, 0.2) is 47.5 Å². The number of hydrogen-bond donors (Lipinski definition) is 2. The zero-order valence-electron chi connectivity index (χ0n) is 17.6. The summed E-state index contributed by atoms with van der Waals surface area (Å²) in [6.07, 6.45) is 1.65. The third-order valence-electron chi connectivity index (χ3n) is 5.19. The Morgan fingerprint density at radius 2 is 1.93 bits per heavy atom. The SMILES string of the molecule is CCNC(=NCC(=O)N1CCc2ccccc2C1)NCCc1ccc(F)cc1C.I. The van der Waals surface area contributed by atoms with Gasteiger partial charge in [0.2, 0.25) is 5.91 Å². The van der Waals surface area contributed by atoms with Gasteiger partial charge in [0, 0.05) is 26.2 Å². The van der Waals surface area contributed by atoms with E-state index in [4.69, 9.17) is 0 Å². The molecule has 2 aromatic carbocycles. The second kappa shape index (κ2) is 11.9. The minimum absolute atomic E-state index is 0. The molecule has 0 spiro atoms. The third-order valence-corrected chi connectivity index (χ3v) is 5.19. The first-order valence-electron chi connectivity index (χ1n) is 10.2. The van der Waals surface area contributed by atoms with Crippen LogP contribution in [0.3, 0.4) is 0 Å². The van der Waals surface area contributed by atoms with Crippen molar-refractivity contribution >= 4 is 35.8 Å². The van der Waals surface area contributed by atoms with Gasteiger partial charge in [-0.25, -0.2) is 9.38 Å². The van der Waals surface area contributed by atoms with Gasteiger partial charge in [-0.05, 0) is 61.1 Å². The molecule has 0 aromatic heterocycles. The Morgan fingerprint density at radius 3 is 2.67 bits per heavy atom. The Balaban J connectivity index is 0.00000320. The molecule has 0 bridgehead atoms. The normalized spacial score (nSPS) is 13.3. The number of hydrogen-bond acceptors (Lipinski definition) is 2. The van der Waals surface area contributed by atoms with Crippen molar-refractivity contribution in [3.63, 3.8) is 0 Å². The smallest absolute Gasteiger partial charge is 0.244 e. The molecule has 0 radical (unpaired) electrons. The van der Waals surface area contributed by atoms with Crippen LogP contribution in [0.4, 0.5) is 4.39 Å². The fraction of sp³-hybridized carbons (Fsp3) is 0.391. The maximum absolute atomic E-state index is 13.2. The fourth-order valence-electron chi connectivity index (χ4n) is 3.55. The van der Waals surface area contributed by atoms with Crippen molar-refractivity contribution in [2.75, 3.05) is 26.2 Å². The predicted molar refractivity (Wildman–Crippen MR) is 130 cm³/mol. The van der Waals surface area contributed by atoms with Crippen molar-refractivity contribution in [1.29, 1.82) is 0 Å². The van der Waals surface area contributed by atoms with Crippen LogP contribution in [-0.4, -0.2) is 42.9 Å². The van der Waals surface area contributed by atoms with Gasteiger partial charge in [0.15, 0.2) is 5.96 Å². The number of fused-ring (bicyclic) bond motifs is 1. The van der Waals surface area contributed by atoms with Crippen LogP contribution in [0.25, 0.3) is 0 Å². The summed E-state index contributed by atoms with van der Waals surface area (Å²) in [5.41, 5.74) is 4.58. The number of nitrogens with one attached hydrogen (secondary N) is 2. The first-order valence-corrected chi connectivity index (χ1v) is 10.2. The van der Waals surface area contributed by atoms with E-state index in [1.165, 1.54) is 17.2 Å². The van der Waals surface area contributed by atoms with Crippen molar-refractivity contribution in [2.24, 2.45) is 4.99 Å². The average Bonchev–Trinajstić information content (AvgIpc) is 2.73. The third kappa shape index (κ3) is 6.68. The molecule has 7 heteroatoms. The van der Waals surface area contributed by atoms with Crippen molar-refractivity contribution in [3.8, 4) is 0 Å². The summed E-state index contributed by atoms with van der Waals surface area (Å²) in [7, 11) is 0. The number of carbonyl (C=O) groups excluding carboxylic acids is 1. The number of aliphatic imine (C=N–C) groups is 1. The summed E-state index contributed by atoms with van der Waals surface area (Å²) in [6.45, 7) is 6.78. The minimum Gasteiger partial charge on any atom is -0.357 e. The number of carbonyl (C=O) groups is 1. The molecule has 1 aliphatic heterocycles. The van der Waals surface area contributed by atoms with Gasteiger partial charge in [-0.2, -0.15) is 0 Å². The second-order valence-corrected chi connectivity index (χ2v) is 7.28. The second-order valence-electron chi connectivity index (χ2n) is 7.28. The van der Waals surface area contributed by atoms with Crippen LogP contribution in [0.5, 0.6) is 0 Å². The zero-order valence-corrected chi connectivity index (χ0v) is 19.9. The predicted octanol–water partition coefficient (Wildman–Crippen LogP) is 3.43. The quantitative estimate of drug-likeness (QED) is 0.346. The molecule has 3 rings (SSSR count). The molecule has 0 unspecified atom stereocenters. The van der Waals surface area contributed by atoms with Crippen LogP contribution in [0.1, 0.15) is 29.2 Å². The van der Waals surface area contributed by atoms with E-state index in [1.807, 2.05) is 36.9 Å². The number of amides is 1. The highest BCUT2D eigenvalue weighted by molar-refractivity contribution is 14.0. The fourth-order valence-corrected chi connectivity index (χ4v) is 3.55. The monoisotopic (exact) mass is 524 g/mol. The molecule has 0 saturated heterocycles. The lowest BCUT2D eigenvalue weighted by atomic mass is 10.00. The number of aryl methyl sites for hydroxylation is 1. The lowest BCUT2D eigenvalue weighted by Crippen LogP contribution is -2.41. The standard InChI is InChI=1S/C23H29FN4O.HI/c1-3-25-23(26-12-10-18-8-9-21(24)14-17(18)2)27-15-22(29)28-13-11-19-6-4-5-7-20(19)16-28;/h4-9,14H,3,10-13,15-16H2,1-2H3,(H2,25,26,27);1H. The summed E-state index contributed by atoms with van der Waals surface area (Å²) in [6, 6.07) is 13.1. The molecular formula is C23H30FIN4O. The van der Waals surface area contributed by atoms with E-state index in [0.29, 0.717) is 25.6 Å². The van der Waals surface area contributed by atoms with E-state index in [0.717, 1.165) is 30.5 Å². The largest absolute Gasteiger partial charge is 0.357 e. The van der Waals surface area contributed by atoms with Crippen molar-refractivity contribution in [3.05, 3.63) is 70.5 Å². The topological polar surface area (TPSA) is 56.7 Å². The van der Waals surface area contributed by atoms with Gasteiger partial charge in [0.05, 0.1) is 0 Å². The van der Waals surface area contributed by atoms with E-state index in [2.05, 4.69) is 27.8 Å². The molecule has 1 amide bonds. The molecule has 1 heterocycles. The summed E-state index contributed by atoms with van der Waals surface area (Å²) >= 11 is 0. The van der Waals surface area contributed by atoms with Gasteiger partial charge < -0.3 is 15.5 Å². The lowest BCUT2D eigenvalue weighted by Gasteiger charge is -2.28. The van der Waals surface area contributed by atoms with E-state index < -0.39 is 0 Å². The van der Waals surface area contributed by atoms with Crippen LogP contribution >= 0.6 is 24.0 Å². The molecule has 162 valence electrons. The van der Waals surface area contributed by atoms with Gasteiger partial charge in [-0.1, -0.05) is 30.3 Å². The van der Waals surface area contributed by atoms with Crippen LogP contribution in [0, 0.1) is 12.7 Å². The summed E-state index contributed by atoms with van der Waals surface area (Å²) in [4.78, 5) is 18.9. The first kappa shape index (κ1) is 24.1. The maximum Gasteiger partial charge on any atom is 0.244 e. The molecule has 0 saturated carbocycles. The van der Waals surface area contributed by atoms with Crippen molar-refractivity contribution in [1.82, 2.24) is 15.5 Å². The molecule has 2 aromatic rings. The Hall–Kier alpha value is -2.16. The average molecular weight is 524 g/mol. The molecule has 30 heavy (non-hydrogen) atoms. The van der Waals surface area contributed by atoms with Crippen molar-refractivity contribution < 1.29 is 9.18 Å². The van der Waals surface area contributed by atoms with Crippen LogP contribution < -0.4 is 10.6 Å². The highest BCUT2D eigenvalue weighted by Crippen LogP contribution is 2.18. The molecule has 2 N–H and O–H groups in total. The van der Waals surface area contributed by atoms with Gasteiger partial charge in [-0.3, -0.25) is 4.79 Å². The summed E-state index contributed by atoms with van der Waals surface area (Å²) in [5.74, 6) is 0.442. The number of guanidine groups is 1. The molecular weight excluding hydrogens is 494 g/mol. The molecule has 0 atom stereocenters. The molecule has 5 nitrogen and oxygen atoms in total.